The topological polar surface area (TPSA) is 58.8 Å². The van der Waals surface area contributed by atoms with E-state index in [1.807, 2.05) is 42.7 Å². The number of nitrogens with zero attached hydrogens (tertiary/aromatic N) is 3. The molecule has 4 rings (SSSR count). The minimum atomic E-state index is 0.677. The third-order valence-corrected chi connectivity index (χ3v) is 5.75. The summed E-state index contributed by atoms with van der Waals surface area (Å²) in [4.78, 5) is 8.16. The summed E-state index contributed by atoms with van der Waals surface area (Å²) in [6, 6.07) is 24.7. The van der Waals surface area contributed by atoms with Crippen molar-refractivity contribution >= 4 is 0 Å². The van der Waals surface area contributed by atoms with Crippen LogP contribution in [0, 0.1) is 18.3 Å². The van der Waals surface area contributed by atoms with Crippen molar-refractivity contribution in [1.29, 1.82) is 5.26 Å². The summed E-state index contributed by atoms with van der Waals surface area (Å²) >= 11 is 0. The number of aryl methyl sites for hydroxylation is 2. The lowest BCUT2D eigenvalue weighted by atomic mass is 9.99. The van der Waals surface area contributed by atoms with Crippen LogP contribution in [0.25, 0.3) is 22.3 Å². The smallest absolute Gasteiger partial charge is 0.119 e. The van der Waals surface area contributed by atoms with Crippen LogP contribution in [-0.2, 0) is 6.42 Å². The predicted molar refractivity (Wildman–Crippen MR) is 132 cm³/mol. The van der Waals surface area contributed by atoms with Gasteiger partial charge in [-0.15, -0.1) is 0 Å². The van der Waals surface area contributed by atoms with Gasteiger partial charge in [0.1, 0.15) is 12.1 Å². The maximum atomic E-state index is 8.96. The second-order valence-corrected chi connectivity index (χ2v) is 8.15. The summed E-state index contributed by atoms with van der Waals surface area (Å²) in [6.07, 6.45) is 9.62. The van der Waals surface area contributed by atoms with Crippen LogP contribution in [0.2, 0.25) is 0 Å². The Labute approximate surface area is 195 Å². The van der Waals surface area contributed by atoms with Crippen molar-refractivity contribution < 1.29 is 4.74 Å². The molecule has 0 N–H and O–H groups in total. The summed E-state index contributed by atoms with van der Waals surface area (Å²) in [5.41, 5.74) is 7.67. The van der Waals surface area contributed by atoms with E-state index in [0.29, 0.717) is 5.56 Å². The zero-order chi connectivity index (χ0) is 22.9. The van der Waals surface area contributed by atoms with Crippen molar-refractivity contribution in [3.8, 4) is 34.1 Å². The van der Waals surface area contributed by atoms with Crippen LogP contribution in [0.15, 0.2) is 85.5 Å². The van der Waals surface area contributed by atoms with Crippen LogP contribution in [0.5, 0.6) is 5.75 Å². The quantitative estimate of drug-likeness (QED) is 0.273. The number of hydrogen-bond donors (Lipinski definition) is 0. The van der Waals surface area contributed by atoms with Crippen molar-refractivity contribution in [3.63, 3.8) is 0 Å². The van der Waals surface area contributed by atoms with Gasteiger partial charge >= 0.3 is 0 Å². The minimum absolute atomic E-state index is 0.677. The van der Waals surface area contributed by atoms with Crippen molar-refractivity contribution in [3.05, 3.63) is 102 Å². The van der Waals surface area contributed by atoms with Gasteiger partial charge in [-0.25, -0.2) is 9.97 Å². The monoisotopic (exact) mass is 433 g/mol. The number of benzene rings is 3. The van der Waals surface area contributed by atoms with E-state index in [1.54, 1.807) is 6.33 Å². The molecule has 1 aromatic heterocycles. The first-order valence-corrected chi connectivity index (χ1v) is 11.3. The van der Waals surface area contributed by atoms with E-state index < -0.39 is 0 Å². The molecule has 4 heteroatoms. The molecule has 4 aromatic rings. The third kappa shape index (κ3) is 6.05. The molecule has 164 valence electrons. The molecule has 0 spiro atoms. The van der Waals surface area contributed by atoms with Gasteiger partial charge < -0.3 is 4.74 Å². The largest absolute Gasteiger partial charge is 0.494 e. The molecular weight excluding hydrogens is 406 g/mol. The van der Waals surface area contributed by atoms with Crippen LogP contribution in [-0.4, -0.2) is 16.6 Å². The summed E-state index contributed by atoms with van der Waals surface area (Å²) in [5, 5.41) is 8.96. The summed E-state index contributed by atoms with van der Waals surface area (Å²) < 4.78 is 5.98. The Morgan fingerprint density at radius 3 is 2.21 bits per heavy atom. The van der Waals surface area contributed by atoms with E-state index in [9.17, 15) is 0 Å². The number of ether oxygens (including phenoxy) is 1. The first kappa shape index (κ1) is 22.2. The van der Waals surface area contributed by atoms with Gasteiger partial charge in [-0.2, -0.15) is 5.26 Å². The molecule has 0 aliphatic carbocycles. The van der Waals surface area contributed by atoms with E-state index in [-0.39, 0.29) is 0 Å². The summed E-state index contributed by atoms with van der Waals surface area (Å²) in [5.74, 6) is 0.908. The molecule has 33 heavy (non-hydrogen) atoms. The van der Waals surface area contributed by atoms with Gasteiger partial charge in [0.05, 0.1) is 18.2 Å². The minimum Gasteiger partial charge on any atom is -0.494 e. The molecule has 0 aliphatic rings. The van der Waals surface area contributed by atoms with E-state index in [4.69, 9.17) is 10.00 Å². The summed E-state index contributed by atoms with van der Waals surface area (Å²) in [7, 11) is 0. The first-order chi connectivity index (χ1) is 16.2. The highest BCUT2D eigenvalue weighted by molar-refractivity contribution is 5.68. The average molecular weight is 434 g/mol. The van der Waals surface area contributed by atoms with Crippen LogP contribution in [0.3, 0.4) is 0 Å². The number of aromatic nitrogens is 2. The Morgan fingerprint density at radius 1 is 0.788 bits per heavy atom. The van der Waals surface area contributed by atoms with E-state index in [2.05, 4.69) is 59.4 Å². The van der Waals surface area contributed by atoms with Crippen LogP contribution in [0.4, 0.5) is 0 Å². The fraction of sp³-hybridized carbons (Fsp3) is 0.207. The molecule has 0 saturated heterocycles. The highest BCUT2D eigenvalue weighted by Crippen LogP contribution is 2.27. The van der Waals surface area contributed by atoms with Crippen molar-refractivity contribution in [2.75, 3.05) is 6.61 Å². The molecule has 0 bridgehead atoms. The molecule has 0 atom stereocenters. The molecule has 0 unspecified atom stereocenters. The second-order valence-electron chi connectivity index (χ2n) is 8.15. The predicted octanol–water partition coefficient (Wildman–Crippen LogP) is 6.78. The first-order valence-electron chi connectivity index (χ1n) is 11.3. The lowest BCUT2D eigenvalue weighted by molar-refractivity contribution is 0.305. The standard InChI is InChI=1S/C29H27N3O/c1-22-17-28(14-15-29(22)26-12-8-24(18-30)9-13-26)33-16-4-2-3-5-23-6-10-25(11-7-23)27-19-31-21-32-20-27/h6-15,17,19-21H,2-5,16H2,1H3. The fourth-order valence-electron chi connectivity index (χ4n) is 3.88. The average Bonchev–Trinajstić information content (AvgIpc) is 2.87. The van der Waals surface area contributed by atoms with Crippen molar-refractivity contribution in [2.45, 2.75) is 32.6 Å². The Morgan fingerprint density at radius 2 is 1.52 bits per heavy atom. The van der Waals surface area contributed by atoms with E-state index in [0.717, 1.165) is 60.3 Å². The number of nitriles is 1. The third-order valence-electron chi connectivity index (χ3n) is 5.75. The number of unbranched alkanes of at least 4 members (excludes halogenated alkanes) is 2. The lowest BCUT2D eigenvalue weighted by Gasteiger charge is -2.11. The highest BCUT2D eigenvalue weighted by Gasteiger charge is 2.05. The molecular formula is C29H27N3O. The molecule has 0 saturated carbocycles. The Kier molecular flexibility index (Phi) is 7.45. The van der Waals surface area contributed by atoms with E-state index >= 15 is 0 Å². The van der Waals surface area contributed by atoms with Gasteiger partial charge in [0.15, 0.2) is 0 Å². The SMILES string of the molecule is Cc1cc(OCCCCCc2ccc(-c3cncnc3)cc2)ccc1-c1ccc(C#N)cc1. The van der Waals surface area contributed by atoms with Crippen molar-refractivity contribution in [1.82, 2.24) is 9.97 Å². The second kappa shape index (κ2) is 11.1. The number of rotatable bonds is 9. The maximum Gasteiger partial charge on any atom is 0.119 e. The molecule has 0 radical (unpaired) electrons. The fourth-order valence-corrected chi connectivity index (χ4v) is 3.88. The van der Waals surface area contributed by atoms with Crippen LogP contribution < -0.4 is 4.74 Å². The van der Waals surface area contributed by atoms with Crippen molar-refractivity contribution in [2.24, 2.45) is 0 Å². The van der Waals surface area contributed by atoms with Gasteiger partial charge in [-0.1, -0.05) is 42.5 Å². The molecule has 4 nitrogen and oxygen atoms in total. The van der Waals surface area contributed by atoms with Crippen LogP contribution >= 0.6 is 0 Å². The zero-order valence-corrected chi connectivity index (χ0v) is 18.9. The maximum absolute atomic E-state index is 8.96. The summed E-state index contributed by atoms with van der Waals surface area (Å²) in [6.45, 7) is 2.82. The van der Waals surface area contributed by atoms with Gasteiger partial charge in [0.25, 0.3) is 0 Å². The zero-order valence-electron chi connectivity index (χ0n) is 18.9. The molecule has 0 aliphatic heterocycles. The molecule has 1 heterocycles. The number of hydrogen-bond acceptors (Lipinski definition) is 4. The molecule has 0 amide bonds. The van der Waals surface area contributed by atoms with Crippen LogP contribution in [0.1, 0.15) is 36.0 Å². The Hall–Kier alpha value is -3.97. The highest BCUT2D eigenvalue weighted by atomic mass is 16.5. The molecule has 3 aromatic carbocycles. The van der Waals surface area contributed by atoms with Gasteiger partial charge in [0.2, 0.25) is 0 Å². The Bertz CT molecular complexity index is 1210. The van der Waals surface area contributed by atoms with Gasteiger partial charge in [-0.3, -0.25) is 0 Å². The normalized spacial score (nSPS) is 10.5. The lowest BCUT2D eigenvalue weighted by Crippen LogP contribution is -1.98. The molecule has 0 fully saturated rings. The van der Waals surface area contributed by atoms with Gasteiger partial charge in [-0.05, 0) is 84.7 Å². The Balaban J connectivity index is 1.19. The van der Waals surface area contributed by atoms with Gasteiger partial charge in [0, 0.05) is 18.0 Å². The van der Waals surface area contributed by atoms with E-state index in [1.165, 1.54) is 11.1 Å².